The first-order valence-corrected chi connectivity index (χ1v) is 5.57. The van der Waals surface area contributed by atoms with E-state index in [4.69, 9.17) is 4.74 Å². The quantitative estimate of drug-likeness (QED) is 0.705. The predicted molar refractivity (Wildman–Crippen MR) is 58.6 cm³/mol. The zero-order valence-corrected chi connectivity index (χ0v) is 9.38. The molecule has 4 heteroatoms. The number of rotatable bonds is 6. The predicted octanol–water partition coefficient (Wildman–Crippen LogP) is 1.41. The Hall–Kier alpha value is -0.420. The van der Waals surface area contributed by atoms with Crippen LogP contribution in [0.5, 0.6) is 0 Å². The van der Waals surface area contributed by atoms with Gasteiger partial charge < -0.3 is 15.2 Å². The summed E-state index contributed by atoms with van der Waals surface area (Å²) in [6.07, 6.45) is -0.424. The summed E-state index contributed by atoms with van der Waals surface area (Å²) < 4.78 is 4.92. The van der Waals surface area contributed by atoms with Crippen LogP contribution in [0.4, 0.5) is 0 Å². The first-order valence-electron chi connectivity index (χ1n) is 4.69. The molecule has 3 nitrogen and oxygen atoms in total. The Labute approximate surface area is 88.7 Å². The third kappa shape index (κ3) is 3.38. The molecule has 0 amide bonds. The van der Waals surface area contributed by atoms with Crippen LogP contribution >= 0.6 is 11.3 Å². The second-order valence-corrected chi connectivity index (χ2v) is 4.18. The Morgan fingerprint density at radius 3 is 3.00 bits per heavy atom. The van der Waals surface area contributed by atoms with Crippen LogP contribution in [0.25, 0.3) is 0 Å². The molecule has 14 heavy (non-hydrogen) atoms. The van der Waals surface area contributed by atoms with E-state index in [1.807, 2.05) is 24.4 Å². The summed E-state index contributed by atoms with van der Waals surface area (Å²) in [5, 5.41) is 15.1. The van der Waals surface area contributed by atoms with Gasteiger partial charge in [-0.3, -0.25) is 0 Å². The minimum absolute atomic E-state index is 0.0591. The van der Waals surface area contributed by atoms with Crippen molar-refractivity contribution in [3.05, 3.63) is 22.4 Å². The van der Waals surface area contributed by atoms with Crippen molar-refractivity contribution in [1.82, 2.24) is 5.32 Å². The molecule has 1 aromatic heterocycles. The molecule has 2 N–H and O–H groups in total. The van der Waals surface area contributed by atoms with Crippen LogP contribution in [0.2, 0.25) is 0 Å². The molecule has 0 bridgehead atoms. The van der Waals surface area contributed by atoms with E-state index >= 15 is 0 Å². The molecule has 0 saturated carbocycles. The van der Waals surface area contributed by atoms with Crippen molar-refractivity contribution in [3.8, 4) is 0 Å². The Morgan fingerprint density at radius 1 is 1.64 bits per heavy atom. The fourth-order valence-corrected chi connectivity index (χ4v) is 2.02. The van der Waals surface area contributed by atoms with Crippen molar-refractivity contribution in [3.63, 3.8) is 0 Å². The van der Waals surface area contributed by atoms with Gasteiger partial charge in [0.15, 0.2) is 0 Å². The summed E-state index contributed by atoms with van der Waals surface area (Å²) in [4.78, 5) is 1.00. The molecule has 80 valence electrons. The Kier molecular flexibility index (Phi) is 5.11. The topological polar surface area (TPSA) is 41.5 Å². The van der Waals surface area contributed by atoms with Gasteiger partial charge in [-0.2, -0.15) is 0 Å². The van der Waals surface area contributed by atoms with Gasteiger partial charge in [0.05, 0.1) is 6.61 Å². The molecule has 1 rings (SSSR count). The van der Waals surface area contributed by atoms with E-state index < -0.39 is 6.10 Å². The van der Waals surface area contributed by atoms with Gasteiger partial charge in [-0.05, 0) is 18.4 Å². The van der Waals surface area contributed by atoms with E-state index in [-0.39, 0.29) is 6.04 Å². The number of thiophene rings is 1. The van der Waals surface area contributed by atoms with E-state index in [1.165, 1.54) is 0 Å². The largest absolute Gasteiger partial charge is 0.386 e. The zero-order valence-electron chi connectivity index (χ0n) is 8.56. The van der Waals surface area contributed by atoms with Crippen LogP contribution in [-0.2, 0) is 4.74 Å². The molecule has 1 aromatic rings. The monoisotopic (exact) mass is 215 g/mol. The van der Waals surface area contributed by atoms with Gasteiger partial charge in [0.25, 0.3) is 0 Å². The summed E-state index contributed by atoms with van der Waals surface area (Å²) in [5.74, 6) is 0. The van der Waals surface area contributed by atoms with E-state index in [0.717, 1.165) is 11.4 Å². The van der Waals surface area contributed by atoms with Gasteiger partial charge in [-0.25, -0.2) is 0 Å². The van der Waals surface area contributed by atoms with E-state index in [2.05, 4.69) is 5.32 Å². The molecular weight excluding hydrogens is 198 g/mol. The molecule has 0 radical (unpaired) electrons. The highest BCUT2D eigenvalue weighted by Gasteiger charge is 2.15. The highest BCUT2D eigenvalue weighted by atomic mass is 32.1. The first kappa shape index (κ1) is 11.7. The Balaban J connectivity index is 2.33. The maximum absolute atomic E-state index is 9.88. The number of aliphatic hydroxyl groups excluding tert-OH is 1. The van der Waals surface area contributed by atoms with Crippen molar-refractivity contribution in [2.24, 2.45) is 0 Å². The van der Waals surface area contributed by atoms with Crippen LogP contribution in [-0.4, -0.2) is 31.4 Å². The van der Waals surface area contributed by atoms with Gasteiger partial charge in [-0.1, -0.05) is 6.07 Å². The lowest BCUT2D eigenvalue weighted by Gasteiger charge is -2.18. The van der Waals surface area contributed by atoms with Crippen LogP contribution < -0.4 is 5.32 Å². The summed E-state index contributed by atoms with van der Waals surface area (Å²) in [7, 11) is 1.67. The SMILES string of the molecule is COCCNC(C)C(O)c1cccs1. The third-order valence-electron chi connectivity index (χ3n) is 2.08. The number of aliphatic hydroxyl groups is 1. The highest BCUT2D eigenvalue weighted by molar-refractivity contribution is 7.10. The molecule has 0 aliphatic rings. The molecule has 0 fully saturated rings. The molecule has 2 unspecified atom stereocenters. The van der Waals surface area contributed by atoms with Gasteiger partial charge in [0, 0.05) is 24.6 Å². The van der Waals surface area contributed by atoms with Crippen molar-refractivity contribution in [2.45, 2.75) is 19.1 Å². The molecule has 1 heterocycles. The number of ether oxygens (including phenoxy) is 1. The summed E-state index contributed by atoms with van der Waals surface area (Å²) in [6, 6.07) is 3.96. The Morgan fingerprint density at radius 2 is 2.43 bits per heavy atom. The standard InChI is InChI=1S/C10H17NO2S/c1-8(11-5-6-13-2)10(12)9-4-3-7-14-9/h3-4,7-8,10-12H,5-6H2,1-2H3. The van der Waals surface area contributed by atoms with Gasteiger partial charge >= 0.3 is 0 Å². The molecule has 0 aliphatic carbocycles. The summed E-state index contributed by atoms with van der Waals surface area (Å²) in [6.45, 7) is 3.40. The summed E-state index contributed by atoms with van der Waals surface area (Å²) in [5.41, 5.74) is 0. The number of hydrogen-bond acceptors (Lipinski definition) is 4. The Bertz CT molecular complexity index is 238. The second-order valence-electron chi connectivity index (χ2n) is 3.20. The maximum atomic E-state index is 9.88. The van der Waals surface area contributed by atoms with Crippen LogP contribution in [0.3, 0.4) is 0 Å². The molecule has 0 aromatic carbocycles. The van der Waals surface area contributed by atoms with Gasteiger partial charge in [0.2, 0.25) is 0 Å². The lowest BCUT2D eigenvalue weighted by Crippen LogP contribution is -2.34. The third-order valence-corrected chi connectivity index (χ3v) is 3.02. The average molecular weight is 215 g/mol. The minimum atomic E-state index is -0.424. The van der Waals surface area contributed by atoms with E-state index in [9.17, 15) is 5.11 Å². The molecule has 0 aliphatic heterocycles. The van der Waals surface area contributed by atoms with Crippen molar-refractivity contribution in [1.29, 1.82) is 0 Å². The van der Waals surface area contributed by atoms with Gasteiger partial charge in [0.1, 0.15) is 6.10 Å². The number of methoxy groups -OCH3 is 1. The van der Waals surface area contributed by atoms with E-state index in [0.29, 0.717) is 6.61 Å². The van der Waals surface area contributed by atoms with Crippen LogP contribution in [0.1, 0.15) is 17.9 Å². The molecule has 0 spiro atoms. The molecule has 2 atom stereocenters. The minimum Gasteiger partial charge on any atom is -0.386 e. The lowest BCUT2D eigenvalue weighted by molar-refractivity contribution is 0.129. The number of hydrogen-bond donors (Lipinski definition) is 2. The maximum Gasteiger partial charge on any atom is 0.103 e. The first-order chi connectivity index (χ1) is 6.75. The van der Waals surface area contributed by atoms with Crippen molar-refractivity contribution in [2.75, 3.05) is 20.3 Å². The smallest absolute Gasteiger partial charge is 0.103 e. The zero-order chi connectivity index (χ0) is 10.4. The van der Waals surface area contributed by atoms with Crippen LogP contribution in [0, 0.1) is 0 Å². The lowest BCUT2D eigenvalue weighted by atomic mass is 10.1. The average Bonchev–Trinajstić information content (AvgIpc) is 2.69. The molecule has 0 saturated heterocycles. The van der Waals surface area contributed by atoms with Crippen LogP contribution in [0.15, 0.2) is 17.5 Å². The normalized spacial score (nSPS) is 15.4. The van der Waals surface area contributed by atoms with Crippen molar-refractivity contribution >= 4 is 11.3 Å². The van der Waals surface area contributed by atoms with E-state index in [1.54, 1.807) is 18.4 Å². The fourth-order valence-electron chi connectivity index (χ4n) is 1.21. The fraction of sp³-hybridized carbons (Fsp3) is 0.600. The van der Waals surface area contributed by atoms with Crippen molar-refractivity contribution < 1.29 is 9.84 Å². The van der Waals surface area contributed by atoms with Gasteiger partial charge in [-0.15, -0.1) is 11.3 Å². The summed E-state index contributed by atoms with van der Waals surface area (Å²) >= 11 is 1.58. The molecular formula is C10H17NO2S. The number of nitrogens with one attached hydrogen (secondary N) is 1. The highest BCUT2D eigenvalue weighted by Crippen LogP contribution is 2.21. The second kappa shape index (κ2) is 6.14.